The fourth-order valence-electron chi connectivity index (χ4n) is 1.67. The van der Waals surface area contributed by atoms with E-state index in [2.05, 4.69) is 15.9 Å². The smallest absolute Gasteiger partial charge is 0.264 e. The minimum Gasteiger partial charge on any atom is -0.326 e. The van der Waals surface area contributed by atoms with Crippen molar-refractivity contribution in [1.29, 1.82) is 0 Å². The Labute approximate surface area is 129 Å². The minimum atomic E-state index is -4.25. The fraction of sp³-hybridized carbons (Fsp3) is 0.0769. The maximum atomic E-state index is 13.9. The molecule has 3 N–H and O–H groups in total. The summed E-state index contributed by atoms with van der Waals surface area (Å²) in [6.07, 6.45) is 0. The molecule has 0 heterocycles. The summed E-state index contributed by atoms with van der Waals surface area (Å²) in [6.45, 7) is 0.0868. The summed E-state index contributed by atoms with van der Waals surface area (Å²) >= 11 is 3.04. The van der Waals surface area contributed by atoms with Crippen molar-refractivity contribution in [2.24, 2.45) is 5.73 Å². The molecular weight excluding hydrogens is 366 g/mol. The van der Waals surface area contributed by atoms with Crippen LogP contribution in [0.3, 0.4) is 0 Å². The summed E-state index contributed by atoms with van der Waals surface area (Å²) in [7, 11) is -4.25. The van der Waals surface area contributed by atoms with Crippen molar-refractivity contribution in [3.8, 4) is 0 Å². The van der Waals surface area contributed by atoms with Gasteiger partial charge in [0, 0.05) is 11.0 Å². The molecule has 8 heteroatoms. The highest BCUT2D eigenvalue weighted by molar-refractivity contribution is 9.10. The number of hydrogen-bond acceptors (Lipinski definition) is 3. The number of nitrogens with two attached hydrogens (primary N) is 1. The van der Waals surface area contributed by atoms with Gasteiger partial charge in [-0.2, -0.15) is 0 Å². The average molecular weight is 377 g/mol. The first-order valence-electron chi connectivity index (χ1n) is 5.80. The number of anilines is 1. The van der Waals surface area contributed by atoms with E-state index in [1.807, 2.05) is 4.72 Å². The summed E-state index contributed by atoms with van der Waals surface area (Å²) in [5.41, 5.74) is 5.53. The average Bonchev–Trinajstić information content (AvgIpc) is 2.42. The lowest BCUT2D eigenvalue weighted by molar-refractivity contribution is 0.568. The molecule has 0 aromatic heterocycles. The Bertz CT molecular complexity index is 761. The molecule has 0 radical (unpaired) electrons. The Hall–Kier alpha value is -1.51. The van der Waals surface area contributed by atoms with Crippen molar-refractivity contribution >= 4 is 31.6 Å². The summed E-state index contributed by atoms with van der Waals surface area (Å²) in [4.78, 5) is -0.574. The molecular formula is C13H11BrF2N2O2S. The van der Waals surface area contributed by atoms with Gasteiger partial charge < -0.3 is 5.73 Å². The Balaban J connectivity index is 2.44. The summed E-state index contributed by atoms with van der Waals surface area (Å²) in [6, 6.07) is 7.49. The lowest BCUT2D eigenvalue weighted by Crippen LogP contribution is -2.16. The highest BCUT2D eigenvalue weighted by Crippen LogP contribution is 2.28. The van der Waals surface area contributed by atoms with Gasteiger partial charge in [-0.1, -0.05) is 12.1 Å². The molecule has 0 saturated heterocycles. The van der Waals surface area contributed by atoms with Gasteiger partial charge in [-0.05, 0) is 45.8 Å². The third kappa shape index (κ3) is 3.39. The first kappa shape index (κ1) is 15.9. The minimum absolute atomic E-state index is 0.0868. The first-order chi connectivity index (χ1) is 9.85. The quantitative estimate of drug-likeness (QED) is 0.861. The lowest BCUT2D eigenvalue weighted by atomic mass is 10.2. The van der Waals surface area contributed by atoms with E-state index in [0.29, 0.717) is 5.56 Å². The molecule has 2 aromatic carbocycles. The third-order valence-corrected chi connectivity index (χ3v) is 4.76. The van der Waals surface area contributed by atoms with E-state index in [-0.39, 0.29) is 16.7 Å². The van der Waals surface area contributed by atoms with Gasteiger partial charge >= 0.3 is 0 Å². The number of hydrogen-bond donors (Lipinski definition) is 2. The topological polar surface area (TPSA) is 72.2 Å². The van der Waals surface area contributed by atoms with Crippen molar-refractivity contribution in [3.05, 3.63) is 58.1 Å². The van der Waals surface area contributed by atoms with Crippen molar-refractivity contribution < 1.29 is 17.2 Å². The summed E-state index contributed by atoms with van der Waals surface area (Å²) < 4.78 is 54.1. The standard InChI is InChI=1S/C13H11BrF2N2O2S/c14-9-2-1-3-10(15)13(9)18-21(19,20)12-5-4-8(7-17)6-11(12)16/h1-6,18H,7,17H2. The molecule has 2 rings (SSSR count). The van der Waals surface area contributed by atoms with Crippen molar-refractivity contribution in [3.63, 3.8) is 0 Å². The number of nitrogens with one attached hydrogen (secondary N) is 1. The second-order valence-corrected chi connectivity index (χ2v) is 6.68. The molecule has 0 unspecified atom stereocenters. The molecule has 4 nitrogen and oxygen atoms in total. The normalized spacial score (nSPS) is 11.4. The van der Waals surface area contributed by atoms with Gasteiger partial charge in [-0.15, -0.1) is 0 Å². The second-order valence-electron chi connectivity index (χ2n) is 4.17. The number of sulfonamides is 1. The van der Waals surface area contributed by atoms with E-state index in [1.165, 1.54) is 18.2 Å². The van der Waals surface area contributed by atoms with Crippen LogP contribution in [-0.4, -0.2) is 8.42 Å². The van der Waals surface area contributed by atoms with Crippen LogP contribution in [0.5, 0.6) is 0 Å². The maximum Gasteiger partial charge on any atom is 0.264 e. The number of para-hydroxylation sites is 1. The van der Waals surface area contributed by atoms with Crippen LogP contribution in [0.1, 0.15) is 5.56 Å². The van der Waals surface area contributed by atoms with E-state index in [0.717, 1.165) is 18.2 Å². The van der Waals surface area contributed by atoms with Crippen LogP contribution in [0.25, 0.3) is 0 Å². The SMILES string of the molecule is NCc1ccc(S(=O)(=O)Nc2c(F)cccc2Br)c(F)c1. The van der Waals surface area contributed by atoms with Gasteiger partial charge in [0.2, 0.25) is 0 Å². The Morgan fingerprint density at radius 3 is 2.43 bits per heavy atom. The number of benzene rings is 2. The van der Waals surface area contributed by atoms with E-state index in [9.17, 15) is 17.2 Å². The second kappa shape index (κ2) is 6.08. The summed E-state index contributed by atoms with van der Waals surface area (Å²) in [5, 5.41) is 0. The molecule has 0 spiro atoms. The maximum absolute atomic E-state index is 13.9. The fourth-order valence-corrected chi connectivity index (χ4v) is 3.40. The van der Waals surface area contributed by atoms with Crippen molar-refractivity contribution in [1.82, 2.24) is 0 Å². The van der Waals surface area contributed by atoms with Crippen LogP contribution in [0, 0.1) is 11.6 Å². The molecule has 21 heavy (non-hydrogen) atoms. The zero-order valence-electron chi connectivity index (χ0n) is 10.6. The molecule has 0 aliphatic rings. The van der Waals surface area contributed by atoms with Crippen molar-refractivity contribution in [2.45, 2.75) is 11.4 Å². The highest BCUT2D eigenvalue weighted by Gasteiger charge is 2.22. The molecule has 0 amide bonds. The van der Waals surface area contributed by atoms with Crippen molar-refractivity contribution in [2.75, 3.05) is 4.72 Å². The molecule has 0 aliphatic carbocycles. The summed E-state index contributed by atoms with van der Waals surface area (Å²) in [5.74, 6) is -1.72. The molecule has 0 aliphatic heterocycles. The zero-order valence-corrected chi connectivity index (χ0v) is 13.0. The van der Waals surface area contributed by atoms with Gasteiger partial charge in [0.25, 0.3) is 10.0 Å². The van der Waals surface area contributed by atoms with Crippen LogP contribution < -0.4 is 10.5 Å². The third-order valence-electron chi connectivity index (χ3n) is 2.72. The van der Waals surface area contributed by atoms with Crippen LogP contribution in [0.2, 0.25) is 0 Å². The van der Waals surface area contributed by atoms with Gasteiger partial charge in [0.15, 0.2) is 0 Å². The van der Waals surface area contributed by atoms with Gasteiger partial charge in [0.05, 0.1) is 5.69 Å². The predicted molar refractivity (Wildman–Crippen MR) is 79.2 cm³/mol. The molecule has 112 valence electrons. The zero-order chi connectivity index (χ0) is 15.6. The largest absolute Gasteiger partial charge is 0.326 e. The molecule has 0 saturated carbocycles. The monoisotopic (exact) mass is 376 g/mol. The van der Waals surface area contributed by atoms with E-state index in [1.54, 1.807) is 0 Å². The number of halogens is 3. The van der Waals surface area contributed by atoms with Crippen LogP contribution in [-0.2, 0) is 16.6 Å². The Morgan fingerprint density at radius 2 is 1.86 bits per heavy atom. The van der Waals surface area contributed by atoms with E-state index >= 15 is 0 Å². The predicted octanol–water partition coefficient (Wildman–Crippen LogP) is 2.99. The number of rotatable bonds is 4. The van der Waals surface area contributed by atoms with Crippen LogP contribution >= 0.6 is 15.9 Å². The van der Waals surface area contributed by atoms with Gasteiger partial charge in [0.1, 0.15) is 16.5 Å². The lowest BCUT2D eigenvalue weighted by Gasteiger charge is -2.11. The first-order valence-corrected chi connectivity index (χ1v) is 8.08. The highest BCUT2D eigenvalue weighted by atomic mass is 79.9. The van der Waals surface area contributed by atoms with E-state index < -0.39 is 26.6 Å². The molecule has 0 fully saturated rings. The van der Waals surface area contributed by atoms with Gasteiger partial charge in [-0.3, -0.25) is 4.72 Å². The molecule has 2 aromatic rings. The van der Waals surface area contributed by atoms with E-state index in [4.69, 9.17) is 5.73 Å². The van der Waals surface area contributed by atoms with Gasteiger partial charge in [-0.25, -0.2) is 17.2 Å². The molecule has 0 atom stereocenters. The Morgan fingerprint density at radius 1 is 1.14 bits per heavy atom. The Kier molecular flexibility index (Phi) is 4.60. The van der Waals surface area contributed by atoms with Crippen LogP contribution in [0.15, 0.2) is 45.8 Å². The molecule has 0 bridgehead atoms. The van der Waals surface area contributed by atoms with Crippen LogP contribution in [0.4, 0.5) is 14.5 Å².